The van der Waals surface area contributed by atoms with Gasteiger partial charge in [0, 0.05) is 5.39 Å². The molecule has 2 rings (SSSR count). The lowest BCUT2D eigenvalue weighted by Crippen LogP contribution is -2.03. The van der Waals surface area contributed by atoms with Gasteiger partial charge in [-0.15, -0.1) is 0 Å². The maximum absolute atomic E-state index is 9.26. The van der Waals surface area contributed by atoms with Crippen LogP contribution in [-0.2, 0) is 6.42 Å². The summed E-state index contributed by atoms with van der Waals surface area (Å²) >= 11 is 3.41. The highest BCUT2D eigenvalue weighted by Crippen LogP contribution is 2.27. The second kappa shape index (κ2) is 3.75. The zero-order valence-electron chi connectivity index (χ0n) is 7.83. The molecule has 74 valence electrons. The molecule has 1 aromatic heterocycles. The highest BCUT2D eigenvalue weighted by Gasteiger charge is 2.05. The molecule has 2 nitrogen and oxygen atoms in total. The van der Waals surface area contributed by atoms with Crippen LogP contribution in [-0.4, -0.2) is 11.2 Å². The van der Waals surface area contributed by atoms with Crippen molar-refractivity contribution in [1.29, 1.82) is 0 Å². The third-order valence-electron chi connectivity index (χ3n) is 2.12. The largest absolute Gasteiger partial charge is 0.463 e. The molecule has 1 atom stereocenters. The molecular weight excluding hydrogens is 244 g/mol. The smallest absolute Gasteiger partial charge is 0.135 e. The summed E-state index contributed by atoms with van der Waals surface area (Å²) in [5, 5.41) is 10.3. The molecule has 3 heteroatoms. The van der Waals surface area contributed by atoms with E-state index in [0.717, 1.165) is 21.0 Å². The van der Waals surface area contributed by atoms with Gasteiger partial charge < -0.3 is 9.52 Å². The topological polar surface area (TPSA) is 33.4 Å². The zero-order chi connectivity index (χ0) is 10.1. The monoisotopic (exact) mass is 254 g/mol. The van der Waals surface area contributed by atoms with Crippen LogP contribution < -0.4 is 0 Å². The van der Waals surface area contributed by atoms with Crippen molar-refractivity contribution in [3.05, 3.63) is 34.5 Å². The molecule has 0 fully saturated rings. The lowest BCUT2D eigenvalue weighted by molar-refractivity contribution is 0.195. The summed E-state index contributed by atoms with van der Waals surface area (Å²) in [4.78, 5) is 0. The number of furan rings is 1. The van der Waals surface area contributed by atoms with Crippen LogP contribution in [0.25, 0.3) is 11.0 Å². The Balaban J connectivity index is 2.44. The van der Waals surface area contributed by atoms with Crippen molar-refractivity contribution in [2.45, 2.75) is 19.4 Å². The Hall–Kier alpha value is -0.800. The van der Waals surface area contributed by atoms with Gasteiger partial charge in [-0.2, -0.15) is 0 Å². The number of benzene rings is 1. The molecular formula is C11H11BrO2. The van der Waals surface area contributed by atoms with Crippen molar-refractivity contribution in [2.75, 3.05) is 0 Å². The van der Waals surface area contributed by atoms with Gasteiger partial charge in [-0.3, -0.25) is 0 Å². The van der Waals surface area contributed by atoms with E-state index >= 15 is 0 Å². The highest BCUT2D eigenvalue weighted by atomic mass is 79.9. The molecule has 1 N–H and O–H groups in total. The van der Waals surface area contributed by atoms with Gasteiger partial charge in [0.2, 0.25) is 0 Å². The van der Waals surface area contributed by atoms with Crippen molar-refractivity contribution < 1.29 is 9.52 Å². The Morgan fingerprint density at radius 1 is 1.50 bits per heavy atom. The molecule has 0 saturated heterocycles. The fraction of sp³-hybridized carbons (Fsp3) is 0.273. The average molecular weight is 255 g/mol. The van der Waals surface area contributed by atoms with Crippen molar-refractivity contribution in [3.8, 4) is 0 Å². The first-order chi connectivity index (χ1) is 6.66. The molecule has 1 heterocycles. The number of hydrogen-bond donors (Lipinski definition) is 1. The third kappa shape index (κ3) is 1.83. The average Bonchev–Trinajstić information content (AvgIpc) is 2.47. The first kappa shape index (κ1) is 9.74. The van der Waals surface area contributed by atoms with Crippen molar-refractivity contribution in [3.63, 3.8) is 0 Å². The maximum atomic E-state index is 9.26. The molecule has 1 unspecified atom stereocenters. The van der Waals surface area contributed by atoms with E-state index in [4.69, 9.17) is 4.42 Å². The predicted molar refractivity (Wildman–Crippen MR) is 59.3 cm³/mol. The summed E-state index contributed by atoms with van der Waals surface area (Å²) in [5.74, 6) is 0. The van der Waals surface area contributed by atoms with Crippen LogP contribution in [0.4, 0.5) is 0 Å². The van der Waals surface area contributed by atoms with Gasteiger partial charge in [0.25, 0.3) is 0 Å². The first-order valence-electron chi connectivity index (χ1n) is 4.50. The van der Waals surface area contributed by atoms with Gasteiger partial charge in [0.1, 0.15) is 11.8 Å². The van der Waals surface area contributed by atoms with Gasteiger partial charge in [-0.1, -0.05) is 6.07 Å². The summed E-state index contributed by atoms with van der Waals surface area (Å²) < 4.78 is 6.26. The molecule has 0 bridgehead atoms. The van der Waals surface area contributed by atoms with Crippen LogP contribution in [0, 0.1) is 0 Å². The summed E-state index contributed by atoms with van der Waals surface area (Å²) in [6.45, 7) is 1.79. The zero-order valence-corrected chi connectivity index (χ0v) is 9.41. The molecule has 0 spiro atoms. The molecule has 0 aliphatic carbocycles. The van der Waals surface area contributed by atoms with Gasteiger partial charge in [0.05, 0.1) is 10.6 Å². The summed E-state index contributed by atoms with van der Waals surface area (Å²) in [7, 11) is 0. The molecule has 0 radical (unpaired) electrons. The number of rotatable bonds is 2. The van der Waals surface area contributed by atoms with E-state index in [9.17, 15) is 5.11 Å². The highest BCUT2D eigenvalue weighted by molar-refractivity contribution is 9.10. The summed E-state index contributed by atoms with van der Waals surface area (Å²) in [5.41, 5.74) is 1.99. The van der Waals surface area contributed by atoms with Gasteiger partial charge in [-0.25, -0.2) is 0 Å². The minimum Gasteiger partial charge on any atom is -0.463 e. The minimum atomic E-state index is -0.307. The molecule has 0 saturated carbocycles. The molecule has 0 amide bonds. The first-order valence-corrected chi connectivity index (χ1v) is 5.30. The Bertz CT molecular complexity index is 445. The second-order valence-electron chi connectivity index (χ2n) is 3.47. The van der Waals surface area contributed by atoms with Crippen LogP contribution in [0.15, 0.2) is 33.4 Å². The van der Waals surface area contributed by atoms with E-state index < -0.39 is 0 Å². The number of hydrogen-bond acceptors (Lipinski definition) is 2. The summed E-state index contributed by atoms with van der Waals surface area (Å²) in [6.07, 6.45) is 2.04. The van der Waals surface area contributed by atoms with Gasteiger partial charge >= 0.3 is 0 Å². The SMILES string of the molecule is CC(O)Cc1ccc2occ(Br)c2c1. The quantitative estimate of drug-likeness (QED) is 0.894. The molecule has 0 aliphatic rings. The Morgan fingerprint density at radius 2 is 2.29 bits per heavy atom. The lowest BCUT2D eigenvalue weighted by Gasteiger charge is -2.03. The van der Waals surface area contributed by atoms with E-state index in [0.29, 0.717) is 6.42 Å². The van der Waals surface area contributed by atoms with E-state index in [1.54, 1.807) is 13.2 Å². The Morgan fingerprint density at radius 3 is 3.00 bits per heavy atom. The molecule has 1 aromatic carbocycles. The number of halogens is 1. The normalized spacial score (nSPS) is 13.4. The van der Waals surface area contributed by atoms with Crippen LogP contribution in [0.5, 0.6) is 0 Å². The fourth-order valence-corrected chi connectivity index (χ4v) is 1.92. The molecule has 2 aromatic rings. The van der Waals surface area contributed by atoms with Crippen LogP contribution in [0.3, 0.4) is 0 Å². The standard InChI is InChI=1S/C11H11BrO2/c1-7(13)4-8-2-3-11-9(5-8)10(12)6-14-11/h2-3,5-7,13H,4H2,1H3. The second-order valence-corrected chi connectivity index (χ2v) is 4.32. The molecule has 0 aliphatic heterocycles. The maximum Gasteiger partial charge on any atom is 0.135 e. The van der Waals surface area contributed by atoms with Crippen molar-refractivity contribution in [2.24, 2.45) is 0 Å². The number of fused-ring (bicyclic) bond motifs is 1. The predicted octanol–water partition coefficient (Wildman–Crippen LogP) is 3.12. The number of aliphatic hydroxyl groups is 1. The van der Waals surface area contributed by atoms with Crippen LogP contribution >= 0.6 is 15.9 Å². The Kier molecular flexibility index (Phi) is 2.61. The van der Waals surface area contributed by atoms with E-state index in [-0.39, 0.29) is 6.10 Å². The summed E-state index contributed by atoms with van der Waals surface area (Å²) in [6, 6.07) is 5.94. The third-order valence-corrected chi connectivity index (χ3v) is 2.74. The van der Waals surface area contributed by atoms with Crippen LogP contribution in [0.1, 0.15) is 12.5 Å². The number of aliphatic hydroxyl groups excluding tert-OH is 1. The van der Waals surface area contributed by atoms with Gasteiger partial charge in [0.15, 0.2) is 0 Å². The molecule has 14 heavy (non-hydrogen) atoms. The Labute approximate surface area is 90.7 Å². The van der Waals surface area contributed by atoms with Crippen molar-refractivity contribution >= 4 is 26.9 Å². The van der Waals surface area contributed by atoms with E-state index in [1.165, 1.54) is 0 Å². The van der Waals surface area contributed by atoms with Gasteiger partial charge in [-0.05, 0) is 47.0 Å². The van der Waals surface area contributed by atoms with Crippen LogP contribution in [0.2, 0.25) is 0 Å². The van der Waals surface area contributed by atoms with E-state index in [2.05, 4.69) is 15.9 Å². The lowest BCUT2D eigenvalue weighted by atomic mass is 10.1. The fourth-order valence-electron chi connectivity index (χ4n) is 1.51. The van der Waals surface area contributed by atoms with Crippen molar-refractivity contribution in [1.82, 2.24) is 0 Å². The van der Waals surface area contributed by atoms with E-state index in [1.807, 2.05) is 18.2 Å². The minimum absolute atomic E-state index is 0.307.